The second kappa shape index (κ2) is 11.0. The Morgan fingerprint density at radius 2 is 2.06 bits per heavy atom. The normalized spacial score (nSPS) is 23.7. The molecule has 0 amide bonds. The zero-order chi connectivity index (χ0) is 26.7. The van der Waals surface area contributed by atoms with Gasteiger partial charge in [0.05, 0.1) is 19.8 Å². The Morgan fingerprint density at radius 3 is 2.64 bits per heavy atom. The van der Waals surface area contributed by atoms with Crippen molar-refractivity contribution < 1.29 is 22.6 Å². The van der Waals surface area contributed by atoms with Crippen LogP contribution in [-0.2, 0) is 24.0 Å². The van der Waals surface area contributed by atoms with Crippen LogP contribution in [0.2, 0.25) is 0 Å². The molecule has 1 unspecified atom stereocenters. The fourth-order valence-corrected chi connectivity index (χ4v) is 4.92. The van der Waals surface area contributed by atoms with Gasteiger partial charge in [-0.2, -0.15) is 0 Å². The maximum atomic E-state index is 13.0. The molecule has 0 saturated carbocycles. The zero-order valence-corrected chi connectivity index (χ0v) is 23.3. The van der Waals surface area contributed by atoms with Gasteiger partial charge in [0.15, 0.2) is 21.4 Å². The summed E-state index contributed by atoms with van der Waals surface area (Å²) in [5.41, 5.74) is 2.98. The van der Waals surface area contributed by atoms with Crippen molar-refractivity contribution in [2.75, 3.05) is 47.3 Å². The van der Waals surface area contributed by atoms with Crippen LogP contribution in [0.25, 0.3) is 6.08 Å². The highest BCUT2D eigenvalue weighted by atomic mass is 32.2. The van der Waals surface area contributed by atoms with E-state index in [1.807, 2.05) is 44.3 Å². The highest BCUT2D eigenvalue weighted by Gasteiger charge is 2.42. The minimum atomic E-state index is -3.57. The molecular formula is C26H38N4O5S. The number of morpholine rings is 1. The van der Waals surface area contributed by atoms with E-state index in [0.29, 0.717) is 42.8 Å². The van der Waals surface area contributed by atoms with Crippen LogP contribution in [0.1, 0.15) is 44.9 Å². The molecule has 198 valence electrons. The largest absolute Gasteiger partial charge is 0.497 e. The van der Waals surface area contributed by atoms with Crippen molar-refractivity contribution in [2.45, 2.75) is 44.4 Å². The lowest BCUT2D eigenvalue weighted by molar-refractivity contribution is 0.0546. The van der Waals surface area contributed by atoms with Gasteiger partial charge in [-0.1, -0.05) is 6.08 Å². The standard InChI is InChI=1S/C26H38N4O5S/c1-9-30-18(15-33-6)16-35-23(25(30)27-5)24(26(3,4)36(8,31)32)29-17(2)20-11-10-19(34-7)14-22-21(20)12-13-28-22/h10-14,18,20,28H,9,15-16H2,1-8H3/b24-23+,27-25+,29-17+/t18-,20?/m0/s1. The van der Waals surface area contributed by atoms with Gasteiger partial charge >= 0.3 is 0 Å². The number of hydrogen-bond donors (Lipinski definition) is 1. The van der Waals surface area contributed by atoms with Crippen LogP contribution < -0.4 is 0 Å². The van der Waals surface area contributed by atoms with E-state index in [-0.39, 0.29) is 12.0 Å². The Labute approximate surface area is 214 Å². The summed E-state index contributed by atoms with van der Waals surface area (Å²) >= 11 is 0. The molecular weight excluding hydrogens is 480 g/mol. The number of sulfone groups is 1. The molecule has 36 heavy (non-hydrogen) atoms. The summed E-state index contributed by atoms with van der Waals surface area (Å²) in [6.07, 6.45) is 8.93. The summed E-state index contributed by atoms with van der Waals surface area (Å²) < 4.78 is 41.8. The summed E-state index contributed by atoms with van der Waals surface area (Å²) in [5.74, 6) is 1.46. The van der Waals surface area contributed by atoms with Gasteiger partial charge < -0.3 is 24.1 Å². The Morgan fingerprint density at radius 1 is 1.33 bits per heavy atom. The van der Waals surface area contributed by atoms with Crippen LogP contribution in [0, 0.1) is 0 Å². The number of H-pyrrole nitrogens is 1. The molecule has 2 heterocycles. The number of aromatic amines is 1. The number of aliphatic imine (C=N–C) groups is 2. The monoisotopic (exact) mass is 518 g/mol. The maximum absolute atomic E-state index is 13.0. The van der Waals surface area contributed by atoms with Crippen LogP contribution in [0.3, 0.4) is 0 Å². The van der Waals surface area contributed by atoms with E-state index in [1.54, 1.807) is 35.1 Å². The predicted octanol–water partition coefficient (Wildman–Crippen LogP) is 3.55. The third kappa shape index (κ3) is 5.29. The van der Waals surface area contributed by atoms with Gasteiger partial charge in [0.1, 0.15) is 22.8 Å². The summed E-state index contributed by atoms with van der Waals surface area (Å²) in [5, 5.41) is 0. The molecule has 1 aliphatic carbocycles. The zero-order valence-electron chi connectivity index (χ0n) is 22.5. The predicted molar refractivity (Wildman–Crippen MR) is 144 cm³/mol. The fraction of sp³-hybridized carbons (Fsp3) is 0.538. The molecule has 0 spiro atoms. The van der Waals surface area contributed by atoms with Gasteiger partial charge in [0, 0.05) is 56.6 Å². The second-order valence-corrected chi connectivity index (χ2v) is 12.0. The summed E-state index contributed by atoms with van der Waals surface area (Å²) in [7, 11) is 1.37. The molecule has 2 aliphatic rings. The Kier molecular flexibility index (Phi) is 8.51. The number of likely N-dealkylation sites (N-methyl/N-ethyl adjacent to an activating group) is 1. The van der Waals surface area contributed by atoms with Crippen molar-refractivity contribution in [2.24, 2.45) is 9.98 Å². The molecule has 1 aromatic rings. The van der Waals surface area contributed by atoms with Crippen molar-refractivity contribution in [1.29, 1.82) is 0 Å². The quantitative estimate of drug-likeness (QED) is 0.528. The topological polar surface area (TPSA) is 106 Å². The van der Waals surface area contributed by atoms with Crippen molar-refractivity contribution in [1.82, 2.24) is 9.88 Å². The van der Waals surface area contributed by atoms with E-state index in [2.05, 4.69) is 14.9 Å². The molecule has 1 aliphatic heterocycles. The smallest absolute Gasteiger partial charge is 0.184 e. The van der Waals surface area contributed by atoms with Crippen molar-refractivity contribution in [3.63, 3.8) is 0 Å². The third-order valence-corrected chi connectivity index (χ3v) is 8.87. The molecule has 1 fully saturated rings. The molecule has 3 rings (SSSR count). The van der Waals surface area contributed by atoms with Gasteiger partial charge in [-0.25, -0.2) is 8.42 Å². The van der Waals surface area contributed by atoms with Crippen LogP contribution in [0.5, 0.6) is 0 Å². The van der Waals surface area contributed by atoms with Crippen molar-refractivity contribution in [3.8, 4) is 0 Å². The molecule has 1 N–H and O–H groups in total. The molecule has 2 atom stereocenters. The average molecular weight is 519 g/mol. The molecule has 10 heteroatoms. The van der Waals surface area contributed by atoms with E-state index < -0.39 is 14.6 Å². The summed E-state index contributed by atoms with van der Waals surface area (Å²) in [4.78, 5) is 14.8. The summed E-state index contributed by atoms with van der Waals surface area (Å²) in [6, 6.07) is 1.96. The number of nitrogens with one attached hydrogen (secondary N) is 1. The number of nitrogens with zero attached hydrogens (tertiary/aromatic N) is 3. The van der Waals surface area contributed by atoms with Gasteiger partial charge in [0.25, 0.3) is 0 Å². The Hall–Kier alpha value is -2.85. The lowest BCUT2D eigenvalue weighted by Crippen LogP contribution is -2.51. The van der Waals surface area contributed by atoms with E-state index in [4.69, 9.17) is 19.2 Å². The molecule has 1 aromatic heterocycles. The lowest BCUT2D eigenvalue weighted by Gasteiger charge is -2.40. The fourth-order valence-electron chi connectivity index (χ4n) is 4.43. The first kappa shape index (κ1) is 27.7. The number of ether oxygens (including phenoxy) is 3. The third-order valence-electron chi connectivity index (χ3n) is 6.82. The first-order valence-corrected chi connectivity index (χ1v) is 13.8. The number of rotatable bonds is 8. The molecule has 0 radical (unpaired) electrons. The van der Waals surface area contributed by atoms with Gasteiger partial charge in [-0.05, 0) is 45.4 Å². The Balaban J connectivity index is 2.22. The number of amidine groups is 1. The van der Waals surface area contributed by atoms with E-state index in [1.165, 1.54) is 6.26 Å². The highest BCUT2D eigenvalue weighted by molar-refractivity contribution is 7.92. The number of fused-ring (bicyclic) bond motifs is 1. The van der Waals surface area contributed by atoms with Crippen LogP contribution in [-0.4, -0.2) is 87.9 Å². The highest BCUT2D eigenvalue weighted by Crippen LogP contribution is 2.35. The van der Waals surface area contributed by atoms with Crippen molar-refractivity contribution in [3.05, 3.63) is 52.9 Å². The number of allylic oxidation sites excluding steroid dienone is 2. The minimum Gasteiger partial charge on any atom is -0.497 e. The van der Waals surface area contributed by atoms with Gasteiger partial charge in [-0.3, -0.25) is 9.98 Å². The Bertz CT molecular complexity index is 1220. The van der Waals surface area contributed by atoms with Gasteiger partial charge in [-0.15, -0.1) is 0 Å². The molecule has 0 bridgehead atoms. The lowest BCUT2D eigenvalue weighted by atomic mass is 9.94. The maximum Gasteiger partial charge on any atom is 0.184 e. The second-order valence-electron chi connectivity index (χ2n) is 9.40. The van der Waals surface area contributed by atoms with Crippen LogP contribution >= 0.6 is 0 Å². The number of hydrogen-bond acceptors (Lipinski definition) is 7. The van der Waals surface area contributed by atoms with E-state index in [9.17, 15) is 8.42 Å². The first-order valence-electron chi connectivity index (χ1n) is 12.0. The summed E-state index contributed by atoms with van der Waals surface area (Å²) in [6.45, 7) is 8.70. The molecule has 0 aromatic carbocycles. The minimum absolute atomic E-state index is 0.0409. The molecule has 1 saturated heterocycles. The first-order chi connectivity index (χ1) is 17.0. The van der Waals surface area contributed by atoms with Crippen molar-refractivity contribution >= 4 is 27.5 Å². The van der Waals surface area contributed by atoms with E-state index in [0.717, 1.165) is 17.0 Å². The molecule has 9 nitrogen and oxygen atoms in total. The average Bonchev–Trinajstić information content (AvgIpc) is 3.20. The SMILES string of the molecule is CCN1C(=N/C)/C(=C(\N=C(/C)C2C=CC(OC)=Cc3[nH]ccc32)C(C)(C)S(C)(=O)=O)OC[C@@H]1COC. The van der Waals surface area contributed by atoms with Crippen LogP contribution in [0.4, 0.5) is 0 Å². The number of aromatic nitrogens is 1. The van der Waals surface area contributed by atoms with Crippen LogP contribution in [0.15, 0.2) is 51.6 Å². The van der Waals surface area contributed by atoms with Gasteiger partial charge in [0.2, 0.25) is 0 Å². The van der Waals surface area contributed by atoms with E-state index >= 15 is 0 Å². The number of methoxy groups -OCH3 is 2.